The highest BCUT2D eigenvalue weighted by atomic mass is 16.5. The maximum absolute atomic E-state index is 5.58. The molecule has 28 heavy (non-hydrogen) atoms. The van der Waals surface area contributed by atoms with Gasteiger partial charge in [0.05, 0.1) is 13.7 Å². The van der Waals surface area contributed by atoms with Gasteiger partial charge in [0.2, 0.25) is 0 Å². The molecule has 0 saturated carbocycles. The minimum Gasteiger partial charge on any atom is -0.496 e. The number of nitrogens with zero attached hydrogens (tertiary/aromatic N) is 3. The van der Waals surface area contributed by atoms with E-state index >= 15 is 0 Å². The molecule has 0 bridgehead atoms. The number of hydrogen-bond acceptors (Lipinski definition) is 5. The summed E-state index contributed by atoms with van der Waals surface area (Å²) in [6.45, 7) is 7.16. The molecular formula is C23H33N3O2. The number of rotatable bonds is 10. The van der Waals surface area contributed by atoms with Crippen molar-refractivity contribution in [2.45, 2.75) is 25.9 Å². The van der Waals surface area contributed by atoms with E-state index in [1.807, 2.05) is 24.5 Å². The van der Waals surface area contributed by atoms with E-state index in [0.717, 1.165) is 44.5 Å². The lowest BCUT2D eigenvalue weighted by Gasteiger charge is -2.35. The van der Waals surface area contributed by atoms with Crippen LogP contribution in [0.3, 0.4) is 0 Å². The molecule has 0 N–H and O–H groups in total. The Hall–Kier alpha value is -1.95. The first-order valence-electron chi connectivity index (χ1n) is 10.2. The molecular weight excluding hydrogens is 350 g/mol. The van der Waals surface area contributed by atoms with Crippen molar-refractivity contribution in [1.82, 2.24) is 14.8 Å². The molecule has 2 heterocycles. The molecule has 2 aromatic rings. The lowest BCUT2D eigenvalue weighted by molar-refractivity contribution is 0.103. The molecule has 3 rings (SSSR count). The van der Waals surface area contributed by atoms with E-state index in [-0.39, 0.29) is 0 Å². The van der Waals surface area contributed by atoms with Crippen molar-refractivity contribution in [3.63, 3.8) is 0 Å². The van der Waals surface area contributed by atoms with Crippen LogP contribution >= 0.6 is 0 Å². The molecule has 1 aromatic heterocycles. The predicted octanol–water partition coefficient (Wildman–Crippen LogP) is 3.45. The Balaban J connectivity index is 1.63. The SMILES string of the molecule is COCCN1CCC(CN(Cc2ccncc2)Cc2ccccc2OC)CC1. The van der Waals surface area contributed by atoms with E-state index in [2.05, 4.69) is 39.0 Å². The van der Waals surface area contributed by atoms with Crippen molar-refractivity contribution >= 4 is 0 Å². The summed E-state index contributed by atoms with van der Waals surface area (Å²) in [4.78, 5) is 9.24. The van der Waals surface area contributed by atoms with Crippen LogP contribution in [-0.2, 0) is 17.8 Å². The first-order chi connectivity index (χ1) is 13.8. The van der Waals surface area contributed by atoms with E-state index < -0.39 is 0 Å². The number of likely N-dealkylation sites (tertiary alicyclic amines) is 1. The van der Waals surface area contributed by atoms with Gasteiger partial charge < -0.3 is 14.4 Å². The lowest BCUT2D eigenvalue weighted by atomic mass is 9.95. The molecule has 1 fully saturated rings. The highest BCUT2D eigenvalue weighted by Gasteiger charge is 2.22. The topological polar surface area (TPSA) is 37.8 Å². The Morgan fingerprint density at radius 3 is 2.50 bits per heavy atom. The van der Waals surface area contributed by atoms with Crippen molar-refractivity contribution in [3.05, 3.63) is 59.9 Å². The number of hydrogen-bond donors (Lipinski definition) is 0. The van der Waals surface area contributed by atoms with Crippen LogP contribution in [0.2, 0.25) is 0 Å². The molecule has 152 valence electrons. The minimum absolute atomic E-state index is 0.732. The molecule has 5 nitrogen and oxygen atoms in total. The fourth-order valence-electron chi connectivity index (χ4n) is 3.98. The number of piperidine rings is 1. The summed E-state index contributed by atoms with van der Waals surface area (Å²) in [6.07, 6.45) is 6.26. The molecule has 0 radical (unpaired) electrons. The van der Waals surface area contributed by atoms with Gasteiger partial charge >= 0.3 is 0 Å². The van der Waals surface area contributed by atoms with Crippen LogP contribution in [0.1, 0.15) is 24.0 Å². The van der Waals surface area contributed by atoms with Crippen LogP contribution in [0.5, 0.6) is 5.75 Å². The Morgan fingerprint density at radius 2 is 1.79 bits per heavy atom. The number of pyridine rings is 1. The molecule has 5 heteroatoms. The Bertz CT molecular complexity index is 687. The van der Waals surface area contributed by atoms with Crippen LogP contribution in [0.25, 0.3) is 0 Å². The lowest BCUT2D eigenvalue weighted by Crippen LogP contribution is -2.39. The van der Waals surface area contributed by atoms with Gasteiger partial charge in [-0.2, -0.15) is 0 Å². The zero-order valence-electron chi connectivity index (χ0n) is 17.2. The highest BCUT2D eigenvalue weighted by molar-refractivity contribution is 5.33. The van der Waals surface area contributed by atoms with Crippen molar-refractivity contribution in [2.24, 2.45) is 5.92 Å². The second-order valence-corrected chi connectivity index (χ2v) is 7.61. The van der Waals surface area contributed by atoms with Gasteiger partial charge in [-0.15, -0.1) is 0 Å². The average molecular weight is 384 g/mol. The van der Waals surface area contributed by atoms with Gasteiger partial charge in [0.15, 0.2) is 0 Å². The van der Waals surface area contributed by atoms with Crippen molar-refractivity contribution in [3.8, 4) is 5.75 Å². The second kappa shape index (κ2) is 11.1. The summed E-state index contributed by atoms with van der Waals surface area (Å²) in [6, 6.07) is 12.6. The number of para-hydroxylation sites is 1. The molecule has 0 spiro atoms. The third kappa shape index (κ3) is 6.30. The summed E-state index contributed by atoms with van der Waals surface area (Å²) in [7, 11) is 3.53. The Kier molecular flexibility index (Phi) is 8.27. The summed E-state index contributed by atoms with van der Waals surface area (Å²) < 4.78 is 10.8. The third-order valence-corrected chi connectivity index (χ3v) is 5.58. The molecule has 1 aliphatic rings. The summed E-state index contributed by atoms with van der Waals surface area (Å²) >= 11 is 0. The third-order valence-electron chi connectivity index (χ3n) is 5.58. The van der Waals surface area contributed by atoms with Crippen LogP contribution < -0.4 is 4.74 Å². The van der Waals surface area contributed by atoms with Crippen LogP contribution in [0, 0.1) is 5.92 Å². The van der Waals surface area contributed by atoms with E-state index in [1.54, 1.807) is 14.2 Å². The van der Waals surface area contributed by atoms with E-state index in [9.17, 15) is 0 Å². The molecule has 0 unspecified atom stereocenters. The number of benzene rings is 1. The smallest absolute Gasteiger partial charge is 0.123 e. The minimum atomic E-state index is 0.732. The van der Waals surface area contributed by atoms with Crippen molar-refractivity contribution in [1.29, 1.82) is 0 Å². The second-order valence-electron chi connectivity index (χ2n) is 7.61. The summed E-state index contributed by atoms with van der Waals surface area (Å²) in [5.74, 6) is 1.70. The zero-order chi connectivity index (χ0) is 19.6. The summed E-state index contributed by atoms with van der Waals surface area (Å²) in [5, 5.41) is 0. The van der Waals surface area contributed by atoms with Crippen molar-refractivity contribution in [2.75, 3.05) is 47.0 Å². The monoisotopic (exact) mass is 383 g/mol. The maximum Gasteiger partial charge on any atom is 0.123 e. The number of methoxy groups -OCH3 is 2. The van der Waals surface area contributed by atoms with Gasteiger partial charge in [-0.25, -0.2) is 0 Å². The van der Waals surface area contributed by atoms with Gasteiger partial charge in [0.25, 0.3) is 0 Å². The fraction of sp³-hybridized carbons (Fsp3) is 0.522. The maximum atomic E-state index is 5.58. The van der Waals surface area contributed by atoms with Gasteiger partial charge in [-0.1, -0.05) is 18.2 Å². The quantitative estimate of drug-likeness (QED) is 0.628. The van der Waals surface area contributed by atoms with Crippen LogP contribution in [0.15, 0.2) is 48.8 Å². The van der Waals surface area contributed by atoms with Crippen LogP contribution in [-0.4, -0.2) is 61.8 Å². The molecule has 1 aliphatic heterocycles. The summed E-state index contributed by atoms with van der Waals surface area (Å²) in [5.41, 5.74) is 2.55. The van der Waals surface area contributed by atoms with E-state index in [4.69, 9.17) is 9.47 Å². The normalized spacial score (nSPS) is 15.8. The first-order valence-corrected chi connectivity index (χ1v) is 10.2. The van der Waals surface area contributed by atoms with E-state index in [1.165, 1.54) is 37.1 Å². The molecule has 0 amide bonds. The highest BCUT2D eigenvalue weighted by Crippen LogP contribution is 2.24. The Labute approximate surface area is 169 Å². The number of ether oxygens (including phenoxy) is 2. The predicted molar refractivity (Wildman–Crippen MR) is 112 cm³/mol. The first kappa shape index (κ1) is 20.8. The average Bonchev–Trinajstić information content (AvgIpc) is 2.74. The standard InChI is InChI=1S/C23H33N3O2/c1-27-16-15-25-13-9-21(10-14-25)18-26(17-20-7-11-24-12-8-20)19-22-5-3-4-6-23(22)28-2/h3-8,11-12,21H,9-10,13-19H2,1-2H3. The molecule has 1 saturated heterocycles. The van der Waals surface area contributed by atoms with Gasteiger partial charge in [0, 0.05) is 51.2 Å². The van der Waals surface area contributed by atoms with Crippen molar-refractivity contribution < 1.29 is 9.47 Å². The van der Waals surface area contributed by atoms with Gasteiger partial charge in [0.1, 0.15) is 5.75 Å². The fourth-order valence-corrected chi connectivity index (χ4v) is 3.98. The van der Waals surface area contributed by atoms with Gasteiger partial charge in [-0.3, -0.25) is 9.88 Å². The molecule has 0 atom stereocenters. The molecule has 1 aromatic carbocycles. The van der Waals surface area contributed by atoms with Crippen LogP contribution in [0.4, 0.5) is 0 Å². The zero-order valence-corrected chi connectivity index (χ0v) is 17.2. The molecule has 0 aliphatic carbocycles. The van der Waals surface area contributed by atoms with E-state index in [0.29, 0.717) is 0 Å². The van der Waals surface area contributed by atoms with Gasteiger partial charge in [-0.05, 0) is 55.6 Å². The largest absolute Gasteiger partial charge is 0.496 e. The number of aromatic nitrogens is 1. The Morgan fingerprint density at radius 1 is 1.04 bits per heavy atom.